The smallest absolute Gasteiger partial charge is 0.425 e. The molecule has 1 N–H and O–H groups in total. The number of carbonyl (C=O) groups excluding carboxylic acids is 3. The van der Waals surface area contributed by atoms with Gasteiger partial charge in [-0.3, -0.25) is 14.4 Å². The van der Waals surface area contributed by atoms with Crippen molar-refractivity contribution in [3.63, 3.8) is 0 Å². The van der Waals surface area contributed by atoms with Crippen LogP contribution >= 0.6 is 0 Å². The third-order valence-electron chi connectivity index (χ3n) is 6.60. The lowest BCUT2D eigenvalue weighted by Crippen LogP contribution is -2.67. The molecule has 0 aromatic heterocycles. The van der Waals surface area contributed by atoms with Crippen LogP contribution in [0, 0.1) is 10.8 Å². The highest BCUT2D eigenvalue weighted by molar-refractivity contribution is 6.13. The summed E-state index contributed by atoms with van der Waals surface area (Å²) in [7, 11) is 2.95. The number of nitrogens with one attached hydrogen (secondary N) is 1. The van der Waals surface area contributed by atoms with E-state index < -0.39 is 45.7 Å². The van der Waals surface area contributed by atoms with Gasteiger partial charge < -0.3 is 19.7 Å². The number of amides is 2. The minimum Gasteiger partial charge on any atom is -0.493 e. The summed E-state index contributed by atoms with van der Waals surface area (Å²) in [5.74, 6) is -2.18. The molecule has 1 heterocycles. The van der Waals surface area contributed by atoms with Crippen molar-refractivity contribution in [2.45, 2.75) is 65.6 Å². The first kappa shape index (κ1) is 27.5. The predicted octanol–water partition coefficient (Wildman–Crippen LogP) is 4.20. The molecule has 3 rings (SSSR count). The Morgan fingerprint density at radius 1 is 1.06 bits per heavy atom. The number of hydrogen-bond donors (Lipinski definition) is 1. The first-order valence-electron chi connectivity index (χ1n) is 11.7. The zero-order valence-corrected chi connectivity index (χ0v) is 21.7. The number of rotatable bonds is 6. The van der Waals surface area contributed by atoms with Gasteiger partial charge in [-0.1, -0.05) is 40.7 Å². The SMILES string of the molecule is COc1ccc(CCN2C(=O)[C@](NC(=O)C(C)(C)C)(C(F)(F)F)C3=C2CC(C)(C)CC3=O)cc1OC. The Hall–Kier alpha value is -3.04. The number of halogens is 3. The molecule has 0 saturated carbocycles. The van der Waals surface area contributed by atoms with Gasteiger partial charge in [0.25, 0.3) is 5.91 Å². The maximum atomic E-state index is 14.8. The van der Waals surface area contributed by atoms with Gasteiger partial charge in [-0.15, -0.1) is 0 Å². The fraction of sp³-hybridized carbons (Fsp3) is 0.577. The number of alkyl halides is 3. The van der Waals surface area contributed by atoms with E-state index in [9.17, 15) is 27.6 Å². The topological polar surface area (TPSA) is 84.9 Å². The Labute approximate surface area is 209 Å². The van der Waals surface area contributed by atoms with Gasteiger partial charge in [-0.25, -0.2) is 0 Å². The molecule has 0 fully saturated rings. The lowest BCUT2D eigenvalue weighted by atomic mass is 9.72. The molecule has 36 heavy (non-hydrogen) atoms. The summed E-state index contributed by atoms with van der Waals surface area (Å²) in [6.07, 6.45) is -5.10. The molecule has 7 nitrogen and oxygen atoms in total. The Balaban J connectivity index is 2.10. The number of allylic oxidation sites excluding steroid dienone is 1. The average molecular weight is 511 g/mol. The number of benzene rings is 1. The fourth-order valence-electron chi connectivity index (χ4n) is 4.70. The van der Waals surface area contributed by atoms with Gasteiger partial charge in [-0.2, -0.15) is 13.2 Å². The molecule has 0 saturated heterocycles. The molecule has 1 aromatic rings. The van der Waals surface area contributed by atoms with E-state index in [-0.39, 0.29) is 31.5 Å². The number of nitrogens with zero attached hydrogens (tertiary/aromatic N) is 1. The van der Waals surface area contributed by atoms with Crippen molar-refractivity contribution in [3.8, 4) is 11.5 Å². The van der Waals surface area contributed by atoms with Crippen molar-refractivity contribution < 1.29 is 37.0 Å². The zero-order chi connectivity index (χ0) is 27.3. The normalized spacial score (nSPS) is 22.0. The van der Waals surface area contributed by atoms with Crippen LogP contribution in [0.4, 0.5) is 13.2 Å². The van der Waals surface area contributed by atoms with Crippen molar-refractivity contribution >= 4 is 17.6 Å². The monoisotopic (exact) mass is 510 g/mol. The minimum atomic E-state index is -5.22. The van der Waals surface area contributed by atoms with Gasteiger partial charge in [0.15, 0.2) is 17.3 Å². The van der Waals surface area contributed by atoms with Crippen LogP contribution in [-0.2, 0) is 20.8 Å². The molecule has 1 aliphatic heterocycles. The number of carbonyl (C=O) groups is 3. The summed E-state index contributed by atoms with van der Waals surface area (Å²) in [5, 5.41) is 1.97. The van der Waals surface area contributed by atoms with Crippen molar-refractivity contribution in [3.05, 3.63) is 35.0 Å². The molecule has 10 heteroatoms. The van der Waals surface area contributed by atoms with Crippen molar-refractivity contribution in [2.24, 2.45) is 10.8 Å². The average Bonchev–Trinajstić information content (AvgIpc) is 2.98. The van der Waals surface area contributed by atoms with Crippen LogP contribution < -0.4 is 14.8 Å². The van der Waals surface area contributed by atoms with Crippen molar-refractivity contribution in [2.75, 3.05) is 20.8 Å². The third-order valence-corrected chi connectivity index (χ3v) is 6.60. The van der Waals surface area contributed by atoms with Crippen LogP contribution in [0.25, 0.3) is 0 Å². The van der Waals surface area contributed by atoms with Crippen LogP contribution in [0.5, 0.6) is 11.5 Å². The van der Waals surface area contributed by atoms with E-state index in [1.165, 1.54) is 35.0 Å². The molecule has 1 atom stereocenters. The van der Waals surface area contributed by atoms with Crippen molar-refractivity contribution in [1.29, 1.82) is 0 Å². The Morgan fingerprint density at radius 3 is 2.19 bits per heavy atom. The number of ether oxygens (including phenoxy) is 2. The second-order valence-corrected chi connectivity index (χ2v) is 11.1. The van der Waals surface area contributed by atoms with Crippen molar-refractivity contribution in [1.82, 2.24) is 10.2 Å². The molecule has 2 aliphatic rings. The van der Waals surface area contributed by atoms with Crippen LogP contribution in [0.1, 0.15) is 53.0 Å². The fourth-order valence-corrected chi connectivity index (χ4v) is 4.70. The minimum absolute atomic E-state index is 0.0215. The summed E-state index contributed by atoms with van der Waals surface area (Å²) in [6.45, 7) is 7.77. The van der Waals surface area contributed by atoms with E-state index in [1.54, 1.807) is 32.0 Å². The molecule has 2 amide bonds. The maximum Gasteiger partial charge on any atom is 0.425 e. The van der Waals surface area contributed by atoms with E-state index in [4.69, 9.17) is 9.47 Å². The first-order valence-corrected chi connectivity index (χ1v) is 11.7. The van der Waals surface area contributed by atoms with Crippen LogP contribution in [0.15, 0.2) is 29.5 Å². The molecule has 1 aromatic carbocycles. The quantitative estimate of drug-likeness (QED) is 0.620. The van der Waals surface area contributed by atoms with E-state index >= 15 is 0 Å². The molecule has 198 valence electrons. The lowest BCUT2D eigenvalue weighted by molar-refractivity contribution is -0.195. The maximum absolute atomic E-state index is 14.8. The Morgan fingerprint density at radius 2 is 1.67 bits per heavy atom. The van der Waals surface area contributed by atoms with Crippen LogP contribution in [0.3, 0.4) is 0 Å². The highest BCUT2D eigenvalue weighted by Gasteiger charge is 2.71. The predicted molar refractivity (Wildman–Crippen MR) is 126 cm³/mol. The zero-order valence-electron chi connectivity index (χ0n) is 21.7. The molecular formula is C26H33F3N2O5. The molecule has 0 unspecified atom stereocenters. The second kappa shape index (κ2) is 9.12. The summed E-state index contributed by atoms with van der Waals surface area (Å²) in [4.78, 5) is 40.7. The summed E-state index contributed by atoms with van der Waals surface area (Å²) < 4.78 is 54.9. The van der Waals surface area contributed by atoms with E-state index in [1.807, 2.05) is 5.32 Å². The molecular weight excluding hydrogens is 477 g/mol. The van der Waals surface area contributed by atoms with E-state index in [2.05, 4.69) is 0 Å². The van der Waals surface area contributed by atoms with Gasteiger partial charge in [0.2, 0.25) is 11.4 Å². The molecule has 1 aliphatic carbocycles. The van der Waals surface area contributed by atoms with Crippen LogP contribution in [-0.4, -0.2) is 55.0 Å². The third kappa shape index (κ3) is 4.69. The van der Waals surface area contributed by atoms with Gasteiger partial charge in [0.1, 0.15) is 0 Å². The van der Waals surface area contributed by atoms with Gasteiger partial charge in [0.05, 0.1) is 19.8 Å². The highest BCUT2D eigenvalue weighted by atomic mass is 19.4. The largest absolute Gasteiger partial charge is 0.493 e. The first-order chi connectivity index (χ1) is 16.5. The molecule has 0 bridgehead atoms. The Bertz CT molecular complexity index is 1120. The summed E-state index contributed by atoms with van der Waals surface area (Å²) in [5.41, 5.74) is -5.22. The van der Waals surface area contributed by atoms with E-state index in [0.717, 1.165) is 4.90 Å². The number of methoxy groups -OCH3 is 2. The molecule has 0 spiro atoms. The van der Waals surface area contributed by atoms with Gasteiger partial charge in [0, 0.05) is 24.1 Å². The Kier molecular flexibility index (Phi) is 6.98. The van der Waals surface area contributed by atoms with Crippen LogP contribution in [0.2, 0.25) is 0 Å². The standard InChI is InChI=1S/C26H33F3N2O5/c1-23(2,3)21(33)30-25(26(27,28)29)20-16(13-24(4,5)14-17(20)32)31(22(25)34)11-10-15-8-9-18(35-6)19(12-15)36-7/h8-9,12H,10-11,13-14H2,1-7H3,(H,30,33)/t25-/m0/s1. The van der Waals surface area contributed by atoms with Gasteiger partial charge >= 0.3 is 6.18 Å². The van der Waals surface area contributed by atoms with E-state index in [0.29, 0.717) is 17.1 Å². The number of Topliss-reactive ketones (excluding diaryl/α,β-unsaturated/α-hetero) is 1. The molecule has 0 radical (unpaired) electrons. The summed E-state index contributed by atoms with van der Waals surface area (Å²) in [6, 6.07) is 5.08. The number of hydrogen-bond acceptors (Lipinski definition) is 5. The summed E-state index contributed by atoms with van der Waals surface area (Å²) >= 11 is 0. The highest BCUT2D eigenvalue weighted by Crippen LogP contribution is 2.52. The van der Waals surface area contributed by atoms with Gasteiger partial charge in [-0.05, 0) is 36.0 Å². The second-order valence-electron chi connectivity index (χ2n) is 11.1. The lowest BCUT2D eigenvalue weighted by Gasteiger charge is -2.37. The number of ketones is 1.